The number of aliphatic hydroxyl groups is 1. The van der Waals surface area contributed by atoms with E-state index in [1.165, 1.54) is 8.61 Å². The lowest BCUT2D eigenvalue weighted by atomic mass is 10.0. The molecule has 0 aliphatic carbocycles. The summed E-state index contributed by atoms with van der Waals surface area (Å²) in [5.41, 5.74) is 0. The minimum Gasteiger partial charge on any atom is -0.396 e. The second-order valence-electron chi connectivity index (χ2n) is 5.89. The highest BCUT2D eigenvalue weighted by Crippen LogP contribution is 2.22. The van der Waals surface area contributed by atoms with Crippen LogP contribution in [0.3, 0.4) is 0 Å². The quantitative estimate of drug-likeness (QED) is 0.793. The Morgan fingerprint density at radius 1 is 1.25 bits per heavy atom. The number of hydrogen-bond acceptors (Lipinski definition) is 4. The van der Waals surface area contributed by atoms with Crippen molar-refractivity contribution in [1.82, 2.24) is 8.61 Å². The fourth-order valence-electron chi connectivity index (χ4n) is 2.97. The van der Waals surface area contributed by atoms with Crippen LogP contribution in [0, 0.1) is 11.8 Å². The van der Waals surface area contributed by atoms with Crippen LogP contribution in [0.4, 0.5) is 0 Å². The van der Waals surface area contributed by atoms with Gasteiger partial charge in [-0.2, -0.15) is 17.0 Å². The van der Waals surface area contributed by atoms with Crippen LogP contribution >= 0.6 is 0 Å². The molecular formula is C13H26N2O4S. The van der Waals surface area contributed by atoms with Crippen molar-refractivity contribution in [3.05, 3.63) is 0 Å². The Bertz CT molecular complexity index is 395. The van der Waals surface area contributed by atoms with Crippen molar-refractivity contribution in [2.45, 2.75) is 25.7 Å². The van der Waals surface area contributed by atoms with Gasteiger partial charge >= 0.3 is 0 Å². The highest BCUT2D eigenvalue weighted by Gasteiger charge is 2.32. The minimum atomic E-state index is -3.39. The number of nitrogens with zero attached hydrogens (tertiary/aromatic N) is 2. The van der Waals surface area contributed by atoms with Gasteiger partial charge in [-0.3, -0.25) is 0 Å². The van der Waals surface area contributed by atoms with E-state index in [0.717, 1.165) is 38.9 Å². The molecule has 118 valence electrons. The van der Waals surface area contributed by atoms with Gasteiger partial charge in [0.25, 0.3) is 10.2 Å². The summed E-state index contributed by atoms with van der Waals surface area (Å²) in [6.07, 6.45) is 3.60. The number of rotatable bonds is 5. The molecule has 1 N–H and O–H groups in total. The Hall–Kier alpha value is -0.210. The fourth-order valence-corrected chi connectivity index (χ4v) is 4.52. The molecule has 6 nitrogen and oxygen atoms in total. The average molecular weight is 306 g/mol. The van der Waals surface area contributed by atoms with Gasteiger partial charge in [-0.15, -0.1) is 0 Å². The van der Waals surface area contributed by atoms with E-state index < -0.39 is 10.2 Å². The van der Waals surface area contributed by atoms with Crippen LogP contribution in [-0.4, -0.2) is 68.6 Å². The predicted octanol–water partition coefficient (Wildman–Crippen LogP) is 0.294. The Morgan fingerprint density at radius 3 is 2.60 bits per heavy atom. The molecule has 0 aromatic carbocycles. The van der Waals surface area contributed by atoms with E-state index in [1.807, 2.05) is 0 Å². The van der Waals surface area contributed by atoms with E-state index in [-0.39, 0.29) is 12.5 Å². The van der Waals surface area contributed by atoms with E-state index >= 15 is 0 Å². The lowest BCUT2D eigenvalue weighted by Gasteiger charge is -2.35. The fraction of sp³-hybridized carbons (Fsp3) is 1.00. The molecule has 2 aliphatic heterocycles. The molecule has 1 unspecified atom stereocenters. The van der Waals surface area contributed by atoms with Crippen molar-refractivity contribution in [3.63, 3.8) is 0 Å². The van der Waals surface area contributed by atoms with Crippen LogP contribution in [0.1, 0.15) is 25.7 Å². The summed E-state index contributed by atoms with van der Waals surface area (Å²) >= 11 is 0. The molecule has 0 bridgehead atoms. The zero-order chi connectivity index (χ0) is 14.6. The van der Waals surface area contributed by atoms with Crippen LogP contribution in [-0.2, 0) is 14.9 Å². The van der Waals surface area contributed by atoms with Gasteiger partial charge < -0.3 is 9.84 Å². The molecule has 7 heteroatoms. The van der Waals surface area contributed by atoms with Crippen LogP contribution in [0.15, 0.2) is 0 Å². The summed E-state index contributed by atoms with van der Waals surface area (Å²) < 4.78 is 33.4. The third-order valence-electron chi connectivity index (χ3n) is 4.32. The van der Waals surface area contributed by atoms with E-state index in [1.54, 1.807) is 7.05 Å². The number of ether oxygens (including phenoxy) is 1. The van der Waals surface area contributed by atoms with Crippen LogP contribution in [0.2, 0.25) is 0 Å². The molecule has 0 saturated carbocycles. The first-order chi connectivity index (χ1) is 9.54. The Kier molecular flexibility index (Phi) is 5.80. The molecule has 2 rings (SSSR count). The highest BCUT2D eigenvalue weighted by atomic mass is 32.2. The van der Waals surface area contributed by atoms with Gasteiger partial charge in [0.1, 0.15) is 0 Å². The van der Waals surface area contributed by atoms with Crippen LogP contribution in [0.5, 0.6) is 0 Å². The van der Waals surface area contributed by atoms with E-state index in [0.29, 0.717) is 25.6 Å². The number of hydrogen-bond donors (Lipinski definition) is 1. The Labute approximate surface area is 121 Å². The molecule has 0 radical (unpaired) electrons. The first-order valence-electron chi connectivity index (χ1n) is 7.44. The molecule has 2 saturated heterocycles. The van der Waals surface area contributed by atoms with Crippen molar-refractivity contribution >= 4 is 10.2 Å². The standard InChI is InChI=1S/C13H26N2O4S/c1-14(9-12-4-7-19-8-5-12)20(17,18)15-6-2-3-13(10-15)11-16/h12-13,16H,2-11H2,1H3. The van der Waals surface area contributed by atoms with Crippen LogP contribution in [0.25, 0.3) is 0 Å². The normalized spacial score (nSPS) is 27.1. The third kappa shape index (κ3) is 3.92. The van der Waals surface area contributed by atoms with Crippen molar-refractivity contribution in [1.29, 1.82) is 0 Å². The lowest BCUT2D eigenvalue weighted by Crippen LogP contribution is -2.48. The Balaban J connectivity index is 1.93. The molecule has 20 heavy (non-hydrogen) atoms. The van der Waals surface area contributed by atoms with E-state index in [9.17, 15) is 13.5 Å². The topological polar surface area (TPSA) is 70.1 Å². The maximum absolute atomic E-state index is 12.6. The summed E-state index contributed by atoms with van der Waals surface area (Å²) in [6, 6.07) is 0. The highest BCUT2D eigenvalue weighted by molar-refractivity contribution is 7.86. The van der Waals surface area contributed by atoms with Gasteiger partial charge in [-0.1, -0.05) is 0 Å². The maximum Gasteiger partial charge on any atom is 0.281 e. The maximum atomic E-state index is 12.6. The zero-order valence-corrected chi connectivity index (χ0v) is 13.0. The summed E-state index contributed by atoms with van der Waals surface area (Å²) in [4.78, 5) is 0. The monoisotopic (exact) mass is 306 g/mol. The predicted molar refractivity (Wildman–Crippen MR) is 76.5 cm³/mol. The molecule has 0 aromatic heterocycles. The number of piperidine rings is 1. The van der Waals surface area contributed by atoms with E-state index in [4.69, 9.17) is 4.74 Å². The molecule has 2 aliphatic rings. The summed E-state index contributed by atoms with van der Waals surface area (Å²) in [6.45, 7) is 3.10. The lowest BCUT2D eigenvalue weighted by molar-refractivity contribution is 0.0613. The molecule has 0 spiro atoms. The second kappa shape index (κ2) is 7.17. The van der Waals surface area contributed by atoms with Gasteiger partial charge in [-0.25, -0.2) is 0 Å². The van der Waals surface area contributed by atoms with Gasteiger partial charge in [0.2, 0.25) is 0 Å². The second-order valence-corrected chi connectivity index (χ2v) is 7.93. The molecule has 2 heterocycles. The molecule has 1 atom stereocenters. The Morgan fingerprint density at radius 2 is 1.95 bits per heavy atom. The third-order valence-corrected chi connectivity index (χ3v) is 6.24. The van der Waals surface area contributed by atoms with Gasteiger partial charge in [0, 0.05) is 46.5 Å². The van der Waals surface area contributed by atoms with Gasteiger partial charge in [0.15, 0.2) is 0 Å². The SMILES string of the molecule is CN(CC1CCOCC1)S(=O)(=O)N1CCCC(CO)C1. The number of aliphatic hydroxyl groups excluding tert-OH is 1. The van der Waals surface area contributed by atoms with Gasteiger partial charge in [0.05, 0.1) is 0 Å². The van der Waals surface area contributed by atoms with Crippen molar-refractivity contribution in [2.24, 2.45) is 11.8 Å². The minimum absolute atomic E-state index is 0.0652. The van der Waals surface area contributed by atoms with E-state index in [2.05, 4.69) is 0 Å². The smallest absolute Gasteiger partial charge is 0.281 e. The summed E-state index contributed by atoms with van der Waals surface area (Å²) in [5.74, 6) is 0.469. The largest absolute Gasteiger partial charge is 0.396 e. The first kappa shape index (κ1) is 16.2. The average Bonchev–Trinajstić information content (AvgIpc) is 2.48. The van der Waals surface area contributed by atoms with Crippen molar-refractivity contribution in [3.8, 4) is 0 Å². The summed E-state index contributed by atoms with van der Waals surface area (Å²) in [7, 11) is -1.73. The molecular weight excluding hydrogens is 280 g/mol. The first-order valence-corrected chi connectivity index (χ1v) is 8.83. The summed E-state index contributed by atoms with van der Waals surface area (Å²) in [5, 5.41) is 9.23. The van der Waals surface area contributed by atoms with Gasteiger partial charge in [-0.05, 0) is 37.5 Å². The molecule has 0 aromatic rings. The van der Waals surface area contributed by atoms with Crippen LogP contribution < -0.4 is 0 Å². The van der Waals surface area contributed by atoms with Crippen molar-refractivity contribution < 1.29 is 18.3 Å². The zero-order valence-electron chi connectivity index (χ0n) is 12.2. The molecule has 0 amide bonds. The van der Waals surface area contributed by atoms with Crippen molar-refractivity contribution in [2.75, 3.05) is 46.5 Å². The molecule has 2 fully saturated rings.